The van der Waals surface area contributed by atoms with Crippen molar-refractivity contribution < 1.29 is 4.79 Å². The lowest BCUT2D eigenvalue weighted by molar-refractivity contribution is 0.0674. The number of carbonyl (C=O) groups is 1. The zero-order valence-electron chi connectivity index (χ0n) is 17.1. The molecule has 8 heteroatoms. The lowest BCUT2D eigenvalue weighted by Gasteiger charge is -2.35. The van der Waals surface area contributed by atoms with Crippen molar-refractivity contribution in [3.63, 3.8) is 0 Å². The summed E-state index contributed by atoms with van der Waals surface area (Å²) in [7, 11) is 0. The molecular formula is C22H27ClN6O. The molecular weight excluding hydrogens is 400 g/mol. The van der Waals surface area contributed by atoms with Crippen molar-refractivity contribution >= 4 is 23.3 Å². The zero-order chi connectivity index (χ0) is 20.5. The number of piperazine rings is 1. The van der Waals surface area contributed by atoms with E-state index in [1.54, 1.807) is 6.07 Å². The van der Waals surface area contributed by atoms with Gasteiger partial charge in [0, 0.05) is 57.4 Å². The SMILES string of the molecule is O=C1c2ccc(CN3CCN(c4ccc(Cl)nn4)CC3)cc2CN1C1CCCNC1. The van der Waals surface area contributed by atoms with Gasteiger partial charge in [-0.1, -0.05) is 23.7 Å². The van der Waals surface area contributed by atoms with Crippen molar-refractivity contribution in [3.05, 3.63) is 52.2 Å². The molecule has 1 N–H and O–H groups in total. The summed E-state index contributed by atoms with van der Waals surface area (Å²) in [5, 5.41) is 12.0. The molecule has 0 saturated carbocycles. The Morgan fingerprint density at radius 2 is 1.97 bits per heavy atom. The van der Waals surface area contributed by atoms with E-state index in [2.05, 4.69) is 42.3 Å². The number of nitrogens with one attached hydrogen (secondary N) is 1. The van der Waals surface area contributed by atoms with Gasteiger partial charge in [0.05, 0.1) is 0 Å². The monoisotopic (exact) mass is 426 g/mol. The number of amides is 1. The van der Waals surface area contributed by atoms with Gasteiger partial charge in [-0.15, -0.1) is 10.2 Å². The Balaban J connectivity index is 1.19. The van der Waals surface area contributed by atoms with Gasteiger partial charge >= 0.3 is 0 Å². The summed E-state index contributed by atoms with van der Waals surface area (Å²) >= 11 is 5.84. The standard InChI is InChI=1S/C22H27ClN6O/c23-20-5-6-21(26-25-20)28-10-8-27(9-11-28)14-16-3-4-19-17(12-16)15-29(22(19)30)18-2-1-7-24-13-18/h3-6,12,18,24H,1-2,7-11,13-15H2. The topological polar surface area (TPSA) is 64.6 Å². The quantitative estimate of drug-likeness (QED) is 0.808. The molecule has 0 radical (unpaired) electrons. The van der Waals surface area contributed by atoms with Crippen LogP contribution in [0.4, 0.5) is 5.82 Å². The maximum Gasteiger partial charge on any atom is 0.254 e. The number of anilines is 1. The number of halogens is 1. The van der Waals surface area contributed by atoms with Crippen molar-refractivity contribution in [2.75, 3.05) is 44.2 Å². The number of hydrogen-bond acceptors (Lipinski definition) is 6. The number of fused-ring (bicyclic) bond motifs is 1. The van der Waals surface area contributed by atoms with E-state index in [4.69, 9.17) is 11.6 Å². The van der Waals surface area contributed by atoms with E-state index in [1.807, 2.05) is 12.1 Å². The van der Waals surface area contributed by atoms with Gasteiger partial charge in [0.1, 0.15) is 0 Å². The average Bonchev–Trinajstić information content (AvgIpc) is 3.11. The molecule has 7 nitrogen and oxygen atoms in total. The molecule has 1 aromatic carbocycles. The fourth-order valence-electron chi connectivity index (χ4n) is 4.76. The Labute approximate surface area is 182 Å². The smallest absolute Gasteiger partial charge is 0.254 e. The molecule has 1 aromatic heterocycles. The van der Waals surface area contributed by atoms with Crippen molar-refractivity contribution in [2.24, 2.45) is 0 Å². The molecule has 4 heterocycles. The van der Waals surface area contributed by atoms with E-state index < -0.39 is 0 Å². The van der Waals surface area contributed by atoms with E-state index in [0.29, 0.717) is 11.2 Å². The van der Waals surface area contributed by atoms with Crippen LogP contribution in [0.2, 0.25) is 5.15 Å². The Bertz CT molecular complexity index is 906. The number of nitrogens with zero attached hydrogens (tertiary/aromatic N) is 5. The lowest BCUT2D eigenvalue weighted by atomic mass is 10.1. The number of rotatable bonds is 4. The second-order valence-corrected chi connectivity index (χ2v) is 8.79. The molecule has 158 valence electrons. The maximum absolute atomic E-state index is 12.9. The van der Waals surface area contributed by atoms with Crippen LogP contribution in [-0.4, -0.2) is 71.2 Å². The predicted octanol–water partition coefficient (Wildman–Crippen LogP) is 2.16. The van der Waals surface area contributed by atoms with E-state index in [-0.39, 0.29) is 5.91 Å². The Hall–Kier alpha value is -2.22. The highest BCUT2D eigenvalue weighted by atomic mass is 35.5. The molecule has 1 unspecified atom stereocenters. The summed E-state index contributed by atoms with van der Waals surface area (Å²) in [5.41, 5.74) is 3.35. The van der Waals surface area contributed by atoms with Gasteiger partial charge in [-0.05, 0) is 48.7 Å². The van der Waals surface area contributed by atoms with E-state index in [1.165, 1.54) is 11.1 Å². The van der Waals surface area contributed by atoms with Gasteiger partial charge in [-0.3, -0.25) is 9.69 Å². The molecule has 2 saturated heterocycles. The minimum absolute atomic E-state index is 0.197. The summed E-state index contributed by atoms with van der Waals surface area (Å²) in [6.45, 7) is 7.41. The van der Waals surface area contributed by atoms with Crippen LogP contribution in [-0.2, 0) is 13.1 Å². The highest BCUT2D eigenvalue weighted by Crippen LogP contribution is 2.28. The molecule has 0 bridgehead atoms. The molecule has 2 fully saturated rings. The third kappa shape index (κ3) is 4.02. The maximum atomic E-state index is 12.9. The highest BCUT2D eigenvalue weighted by molar-refractivity contribution is 6.29. The summed E-state index contributed by atoms with van der Waals surface area (Å²) in [4.78, 5) is 19.6. The fourth-order valence-corrected chi connectivity index (χ4v) is 4.86. The van der Waals surface area contributed by atoms with Gasteiger partial charge in [0.25, 0.3) is 5.91 Å². The summed E-state index contributed by atoms with van der Waals surface area (Å²) < 4.78 is 0. The van der Waals surface area contributed by atoms with Crippen LogP contribution < -0.4 is 10.2 Å². The summed E-state index contributed by atoms with van der Waals surface area (Å²) in [6, 6.07) is 10.4. The third-order valence-electron chi connectivity index (χ3n) is 6.43. The number of aromatic nitrogens is 2. The molecule has 30 heavy (non-hydrogen) atoms. The first-order chi connectivity index (χ1) is 14.7. The second-order valence-electron chi connectivity index (χ2n) is 8.40. The minimum atomic E-state index is 0.197. The van der Waals surface area contributed by atoms with Crippen molar-refractivity contribution in [3.8, 4) is 0 Å². The lowest BCUT2D eigenvalue weighted by Crippen LogP contribution is -2.46. The normalized spacial score (nSPS) is 22.4. The molecule has 5 rings (SSSR count). The Morgan fingerprint density at radius 3 is 2.70 bits per heavy atom. The van der Waals surface area contributed by atoms with Crippen LogP contribution in [0.1, 0.15) is 34.3 Å². The van der Waals surface area contributed by atoms with Crippen molar-refractivity contribution in [1.82, 2.24) is 25.3 Å². The molecule has 3 aliphatic rings. The first kappa shape index (κ1) is 19.7. The fraction of sp³-hybridized carbons (Fsp3) is 0.500. The average molecular weight is 427 g/mol. The van der Waals surface area contributed by atoms with Crippen LogP contribution in [0.5, 0.6) is 0 Å². The predicted molar refractivity (Wildman–Crippen MR) is 117 cm³/mol. The number of carbonyl (C=O) groups excluding carboxylic acids is 1. The summed E-state index contributed by atoms with van der Waals surface area (Å²) in [6.07, 6.45) is 2.24. The van der Waals surface area contributed by atoms with E-state index >= 15 is 0 Å². The molecule has 1 atom stereocenters. The third-order valence-corrected chi connectivity index (χ3v) is 6.64. The van der Waals surface area contributed by atoms with Crippen LogP contribution in [0.15, 0.2) is 30.3 Å². The van der Waals surface area contributed by atoms with Gasteiger partial charge in [0.15, 0.2) is 11.0 Å². The zero-order valence-corrected chi connectivity index (χ0v) is 17.8. The first-order valence-electron chi connectivity index (χ1n) is 10.8. The second kappa shape index (κ2) is 8.49. The molecule has 0 aliphatic carbocycles. The molecule has 0 spiro atoms. The van der Waals surface area contributed by atoms with Crippen LogP contribution in [0, 0.1) is 0 Å². The van der Waals surface area contributed by atoms with Crippen LogP contribution in [0.25, 0.3) is 0 Å². The van der Waals surface area contributed by atoms with Crippen LogP contribution in [0.3, 0.4) is 0 Å². The number of piperidine rings is 1. The van der Waals surface area contributed by atoms with Gasteiger partial charge in [0.2, 0.25) is 0 Å². The van der Waals surface area contributed by atoms with Gasteiger partial charge < -0.3 is 15.1 Å². The van der Waals surface area contributed by atoms with Crippen molar-refractivity contribution in [2.45, 2.75) is 32.0 Å². The van der Waals surface area contributed by atoms with E-state index in [0.717, 1.165) is 76.6 Å². The molecule has 3 aliphatic heterocycles. The van der Waals surface area contributed by atoms with Gasteiger partial charge in [-0.25, -0.2) is 0 Å². The minimum Gasteiger partial charge on any atom is -0.353 e. The van der Waals surface area contributed by atoms with E-state index in [9.17, 15) is 4.79 Å². The van der Waals surface area contributed by atoms with Gasteiger partial charge in [-0.2, -0.15) is 0 Å². The number of benzene rings is 1. The van der Waals surface area contributed by atoms with Crippen LogP contribution >= 0.6 is 11.6 Å². The highest BCUT2D eigenvalue weighted by Gasteiger charge is 2.33. The number of hydrogen-bond donors (Lipinski definition) is 1. The Morgan fingerprint density at radius 1 is 1.10 bits per heavy atom. The molecule has 2 aromatic rings. The summed E-state index contributed by atoms with van der Waals surface area (Å²) in [5.74, 6) is 1.08. The largest absolute Gasteiger partial charge is 0.353 e. The van der Waals surface area contributed by atoms with Crippen molar-refractivity contribution in [1.29, 1.82) is 0 Å². The molecule has 1 amide bonds. The first-order valence-corrected chi connectivity index (χ1v) is 11.2. The Kier molecular flexibility index (Phi) is 5.58.